The Morgan fingerprint density at radius 2 is 1.90 bits per heavy atom. The van der Waals surface area contributed by atoms with Crippen molar-refractivity contribution in [2.45, 2.75) is 64.0 Å². The molecule has 0 aromatic rings. The Hall–Kier alpha value is -1.10. The summed E-state index contributed by atoms with van der Waals surface area (Å²) >= 11 is 0. The number of aliphatic hydroxyl groups excluding tert-OH is 1. The minimum atomic E-state index is -0.548. The molecule has 1 heterocycles. The molecule has 1 saturated carbocycles. The van der Waals surface area contributed by atoms with Gasteiger partial charge in [0.05, 0.1) is 12.1 Å². The molecule has 5 nitrogen and oxygen atoms in total. The lowest BCUT2D eigenvalue weighted by Gasteiger charge is -2.33. The summed E-state index contributed by atoms with van der Waals surface area (Å²) in [5.74, 6) is 0.197. The first-order valence-electron chi connectivity index (χ1n) is 7.80. The zero-order chi connectivity index (χ0) is 14.8. The molecule has 1 atom stereocenters. The number of aliphatic hydroxyl groups is 1. The number of rotatable bonds is 6. The molecule has 5 heteroatoms. The van der Waals surface area contributed by atoms with Crippen molar-refractivity contribution in [3.8, 4) is 0 Å². The molecule has 20 heavy (non-hydrogen) atoms. The Bertz CT molecular complexity index is 367. The van der Waals surface area contributed by atoms with Crippen LogP contribution in [0.2, 0.25) is 0 Å². The van der Waals surface area contributed by atoms with Gasteiger partial charge >= 0.3 is 0 Å². The van der Waals surface area contributed by atoms with Crippen molar-refractivity contribution in [1.29, 1.82) is 0 Å². The molecule has 0 spiro atoms. The smallest absolute Gasteiger partial charge is 0.243 e. The van der Waals surface area contributed by atoms with Crippen molar-refractivity contribution in [3.05, 3.63) is 0 Å². The van der Waals surface area contributed by atoms with Crippen molar-refractivity contribution in [2.75, 3.05) is 13.2 Å². The molecule has 0 radical (unpaired) electrons. The molecule has 2 fully saturated rings. The summed E-state index contributed by atoms with van der Waals surface area (Å²) in [6.45, 7) is 4.55. The van der Waals surface area contributed by atoms with Gasteiger partial charge in [-0.25, -0.2) is 0 Å². The second-order valence-electron chi connectivity index (χ2n) is 6.10. The highest BCUT2D eigenvalue weighted by Crippen LogP contribution is 2.33. The number of hydrogen-bond acceptors (Lipinski definition) is 3. The van der Waals surface area contributed by atoms with E-state index >= 15 is 0 Å². The molecule has 2 aliphatic rings. The predicted octanol–water partition coefficient (Wildman–Crippen LogP) is 1.05. The van der Waals surface area contributed by atoms with Crippen molar-refractivity contribution >= 4 is 11.8 Å². The van der Waals surface area contributed by atoms with Crippen LogP contribution in [0.25, 0.3) is 0 Å². The van der Waals surface area contributed by atoms with Gasteiger partial charge in [0.25, 0.3) is 0 Å². The van der Waals surface area contributed by atoms with Gasteiger partial charge < -0.3 is 15.3 Å². The van der Waals surface area contributed by atoms with Crippen molar-refractivity contribution in [3.63, 3.8) is 0 Å². The van der Waals surface area contributed by atoms with Crippen LogP contribution in [0.15, 0.2) is 0 Å². The Labute approximate surface area is 120 Å². The molecule has 1 saturated heterocycles. The van der Waals surface area contributed by atoms with E-state index in [9.17, 15) is 14.7 Å². The number of nitrogens with zero attached hydrogens (tertiary/aromatic N) is 1. The normalized spacial score (nSPS) is 22.9. The molecular formula is C15H26N2O3. The Balaban J connectivity index is 2.01. The van der Waals surface area contributed by atoms with Gasteiger partial charge in [0.2, 0.25) is 11.8 Å². The van der Waals surface area contributed by atoms with E-state index in [1.54, 1.807) is 4.90 Å². The van der Waals surface area contributed by atoms with Gasteiger partial charge in [0.15, 0.2) is 0 Å². The number of hydrogen-bond donors (Lipinski definition) is 2. The van der Waals surface area contributed by atoms with E-state index in [2.05, 4.69) is 5.32 Å². The van der Waals surface area contributed by atoms with E-state index in [4.69, 9.17) is 0 Å². The van der Waals surface area contributed by atoms with E-state index in [1.165, 1.54) is 0 Å². The number of carbonyl (C=O) groups is 2. The molecule has 2 N–H and O–H groups in total. The van der Waals surface area contributed by atoms with Crippen LogP contribution in [0.5, 0.6) is 0 Å². The highest BCUT2D eigenvalue weighted by molar-refractivity contribution is 5.90. The molecule has 2 rings (SSSR count). The first-order chi connectivity index (χ1) is 9.56. The zero-order valence-electron chi connectivity index (χ0n) is 12.5. The zero-order valence-corrected chi connectivity index (χ0v) is 12.5. The molecule has 2 amide bonds. The van der Waals surface area contributed by atoms with Crippen LogP contribution in [0.1, 0.15) is 52.4 Å². The minimum Gasteiger partial charge on any atom is -0.394 e. The van der Waals surface area contributed by atoms with Crippen LogP contribution in [0.3, 0.4) is 0 Å². The standard InChI is InChI=1S/C15H26N2O3/c1-3-15(4-2,10-18)16-13(19)12-6-5-9-17(12)14(20)11-7-8-11/h11-12,18H,3-10H2,1-2H3,(H,16,19). The summed E-state index contributed by atoms with van der Waals surface area (Å²) in [7, 11) is 0. The van der Waals surface area contributed by atoms with E-state index in [0.717, 1.165) is 25.7 Å². The molecule has 0 aromatic carbocycles. The summed E-state index contributed by atoms with van der Waals surface area (Å²) in [5.41, 5.74) is -0.548. The fourth-order valence-corrected chi connectivity index (χ4v) is 2.90. The predicted molar refractivity (Wildman–Crippen MR) is 76.0 cm³/mol. The quantitative estimate of drug-likeness (QED) is 0.765. The van der Waals surface area contributed by atoms with Crippen molar-refractivity contribution < 1.29 is 14.7 Å². The third-order valence-electron chi connectivity index (χ3n) is 4.81. The molecule has 1 aliphatic heterocycles. The van der Waals surface area contributed by atoms with Gasteiger partial charge in [0, 0.05) is 12.5 Å². The fraction of sp³-hybridized carbons (Fsp3) is 0.867. The first kappa shape index (κ1) is 15.3. The van der Waals surface area contributed by atoms with E-state index in [-0.39, 0.29) is 30.4 Å². The lowest BCUT2D eigenvalue weighted by Crippen LogP contribution is -2.56. The highest BCUT2D eigenvalue weighted by atomic mass is 16.3. The average Bonchev–Trinajstić information content (AvgIpc) is 3.20. The Morgan fingerprint density at radius 1 is 1.25 bits per heavy atom. The minimum absolute atomic E-state index is 0.0605. The molecule has 0 bridgehead atoms. The van der Waals surface area contributed by atoms with Crippen LogP contribution in [0, 0.1) is 5.92 Å². The lowest BCUT2D eigenvalue weighted by molar-refractivity contribution is -0.140. The summed E-state index contributed by atoms with van der Waals surface area (Å²) in [4.78, 5) is 26.4. The second kappa shape index (κ2) is 6.12. The van der Waals surface area contributed by atoms with Crippen molar-refractivity contribution in [1.82, 2.24) is 10.2 Å². The highest BCUT2D eigenvalue weighted by Gasteiger charge is 2.42. The average molecular weight is 282 g/mol. The molecular weight excluding hydrogens is 256 g/mol. The number of nitrogens with one attached hydrogen (secondary N) is 1. The molecule has 1 unspecified atom stereocenters. The number of amides is 2. The largest absolute Gasteiger partial charge is 0.394 e. The van der Waals surface area contributed by atoms with Crippen LogP contribution in [0.4, 0.5) is 0 Å². The van der Waals surface area contributed by atoms with Crippen LogP contribution < -0.4 is 5.32 Å². The molecule has 114 valence electrons. The van der Waals surface area contributed by atoms with Gasteiger partial charge in [-0.15, -0.1) is 0 Å². The van der Waals surface area contributed by atoms with Crippen LogP contribution in [-0.4, -0.2) is 46.6 Å². The summed E-state index contributed by atoms with van der Waals surface area (Å²) in [5, 5.41) is 12.5. The first-order valence-corrected chi connectivity index (χ1v) is 7.80. The van der Waals surface area contributed by atoms with Gasteiger partial charge in [-0.2, -0.15) is 0 Å². The Morgan fingerprint density at radius 3 is 2.40 bits per heavy atom. The van der Waals surface area contributed by atoms with E-state index in [0.29, 0.717) is 19.4 Å². The van der Waals surface area contributed by atoms with Crippen LogP contribution in [-0.2, 0) is 9.59 Å². The molecule has 1 aliphatic carbocycles. The van der Waals surface area contributed by atoms with Gasteiger partial charge in [-0.1, -0.05) is 13.8 Å². The van der Waals surface area contributed by atoms with Gasteiger partial charge in [0.1, 0.15) is 6.04 Å². The third kappa shape index (κ3) is 2.97. The van der Waals surface area contributed by atoms with Gasteiger partial charge in [-0.3, -0.25) is 9.59 Å². The van der Waals surface area contributed by atoms with Crippen LogP contribution >= 0.6 is 0 Å². The number of carbonyl (C=O) groups excluding carboxylic acids is 2. The topological polar surface area (TPSA) is 69.6 Å². The summed E-state index contributed by atoms with van der Waals surface area (Å²) in [6, 6.07) is -0.341. The summed E-state index contributed by atoms with van der Waals surface area (Å²) < 4.78 is 0. The maximum atomic E-state index is 12.5. The SMILES string of the molecule is CCC(CC)(CO)NC(=O)C1CCCN1C(=O)C1CC1. The maximum absolute atomic E-state index is 12.5. The van der Waals surface area contributed by atoms with E-state index < -0.39 is 5.54 Å². The second-order valence-corrected chi connectivity index (χ2v) is 6.10. The maximum Gasteiger partial charge on any atom is 0.243 e. The third-order valence-corrected chi connectivity index (χ3v) is 4.81. The monoisotopic (exact) mass is 282 g/mol. The Kier molecular flexibility index (Phi) is 4.68. The van der Waals surface area contributed by atoms with Crippen molar-refractivity contribution in [2.24, 2.45) is 5.92 Å². The molecule has 0 aromatic heterocycles. The van der Waals surface area contributed by atoms with Gasteiger partial charge in [-0.05, 0) is 38.5 Å². The fourth-order valence-electron chi connectivity index (χ4n) is 2.90. The number of likely N-dealkylation sites (tertiary alicyclic amines) is 1. The summed E-state index contributed by atoms with van der Waals surface area (Å²) in [6.07, 6.45) is 4.94. The van der Waals surface area contributed by atoms with E-state index in [1.807, 2.05) is 13.8 Å². The lowest BCUT2D eigenvalue weighted by atomic mass is 9.93.